The average Bonchev–Trinajstić information content (AvgIpc) is 3.10. The second-order valence-electron chi connectivity index (χ2n) is 6.26. The number of benzene rings is 2. The fourth-order valence-electron chi connectivity index (χ4n) is 2.65. The van der Waals surface area contributed by atoms with Crippen molar-refractivity contribution in [2.75, 3.05) is 11.6 Å². The smallest absolute Gasteiger partial charge is 0.255 e. The minimum atomic E-state index is -3.29. The van der Waals surface area contributed by atoms with Gasteiger partial charge in [0.2, 0.25) is 0 Å². The van der Waals surface area contributed by atoms with Gasteiger partial charge in [-0.1, -0.05) is 19.1 Å². The Kier molecular flexibility index (Phi) is 5.43. The quantitative estimate of drug-likeness (QED) is 0.691. The summed E-state index contributed by atoms with van der Waals surface area (Å²) in [6.07, 6.45) is 2.06. The summed E-state index contributed by atoms with van der Waals surface area (Å²) in [5.74, 6) is -0.276. The lowest BCUT2D eigenvalue weighted by Crippen LogP contribution is -2.14. The number of sulfone groups is 1. The molecule has 0 fully saturated rings. The number of rotatable bonds is 5. The van der Waals surface area contributed by atoms with Crippen LogP contribution in [-0.2, 0) is 16.3 Å². The number of anilines is 1. The van der Waals surface area contributed by atoms with E-state index in [0.717, 1.165) is 28.9 Å². The van der Waals surface area contributed by atoms with Crippen molar-refractivity contribution in [1.29, 1.82) is 0 Å². The first-order valence-electron chi connectivity index (χ1n) is 8.45. The number of carbonyl (C=O) groups excluding carboxylic acids is 1. The van der Waals surface area contributed by atoms with Crippen LogP contribution in [-0.4, -0.2) is 25.6 Å². The molecule has 0 aliphatic carbocycles. The summed E-state index contributed by atoms with van der Waals surface area (Å²) in [5.41, 5.74) is 3.65. The molecule has 0 spiro atoms. The van der Waals surface area contributed by atoms with Gasteiger partial charge in [-0.2, -0.15) is 0 Å². The van der Waals surface area contributed by atoms with Crippen LogP contribution in [0.1, 0.15) is 27.9 Å². The first-order valence-corrected chi connectivity index (χ1v) is 11.2. The summed E-state index contributed by atoms with van der Waals surface area (Å²) in [6.45, 7) is 3.80. The summed E-state index contributed by atoms with van der Waals surface area (Å²) in [4.78, 5) is 17.3. The topological polar surface area (TPSA) is 76.1 Å². The van der Waals surface area contributed by atoms with Crippen LogP contribution in [0.4, 0.5) is 5.69 Å². The highest BCUT2D eigenvalue weighted by molar-refractivity contribution is 7.90. The maximum atomic E-state index is 12.5. The number of aryl methyl sites for hydroxylation is 2. The molecule has 3 rings (SSSR count). The molecule has 0 atom stereocenters. The van der Waals surface area contributed by atoms with E-state index >= 15 is 0 Å². The van der Waals surface area contributed by atoms with Crippen molar-refractivity contribution in [3.63, 3.8) is 0 Å². The van der Waals surface area contributed by atoms with Crippen LogP contribution in [0.25, 0.3) is 11.3 Å². The highest BCUT2D eigenvalue weighted by Gasteiger charge is 2.14. The monoisotopic (exact) mass is 400 g/mol. The second-order valence-corrected chi connectivity index (χ2v) is 9.22. The molecule has 1 aromatic heterocycles. The lowest BCUT2D eigenvalue weighted by Gasteiger charge is -2.09. The fraction of sp³-hybridized carbons (Fsp3) is 0.200. The number of amides is 1. The number of nitrogens with zero attached hydrogens (tertiary/aromatic N) is 1. The van der Waals surface area contributed by atoms with Gasteiger partial charge in [-0.3, -0.25) is 4.79 Å². The van der Waals surface area contributed by atoms with Crippen LogP contribution >= 0.6 is 11.3 Å². The molecule has 0 bridgehead atoms. The number of carbonyl (C=O) groups is 1. The molecule has 1 amide bonds. The average molecular weight is 401 g/mol. The molecular formula is C20H20N2O3S2. The third kappa shape index (κ3) is 4.43. The molecule has 7 heteroatoms. The molecule has 140 valence electrons. The summed E-state index contributed by atoms with van der Waals surface area (Å²) < 4.78 is 23.2. The third-order valence-electron chi connectivity index (χ3n) is 4.16. The molecule has 0 aliphatic rings. The predicted molar refractivity (Wildman–Crippen MR) is 109 cm³/mol. The largest absolute Gasteiger partial charge is 0.322 e. The maximum absolute atomic E-state index is 12.5. The molecule has 0 aliphatic heterocycles. The molecule has 0 unspecified atom stereocenters. The molecule has 1 heterocycles. The van der Waals surface area contributed by atoms with Gasteiger partial charge in [0.25, 0.3) is 5.91 Å². The Labute approximate surface area is 163 Å². The van der Waals surface area contributed by atoms with Crippen LogP contribution in [0.2, 0.25) is 0 Å². The molecule has 0 radical (unpaired) electrons. The Bertz CT molecular complexity index is 1080. The van der Waals surface area contributed by atoms with Crippen LogP contribution in [0.5, 0.6) is 0 Å². The third-order valence-corrected chi connectivity index (χ3v) is 6.27. The van der Waals surface area contributed by atoms with E-state index in [1.807, 2.05) is 29.6 Å². The molecule has 3 aromatic rings. The van der Waals surface area contributed by atoms with E-state index in [-0.39, 0.29) is 10.8 Å². The van der Waals surface area contributed by atoms with Gasteiger partial charge < -0.3 is 5.32 Å². The van der Waals surface area contributed by atoms with Gasteiger partial charge in [-0.15, -0.1) is 11.3 Å². The van der Waals surface area contributed by atoms with Gasteiger partial charge in [0.15, 0.2) is 9.84 Å². The normalized spacial score (nSPS) is 11.4. The Balaban J connectivity index is 1.76. The lowest BCUT2D eigenvalue weighted by atomic mass is 10.1. The van der Waals surface area contributed by atoms with Crippen LogP contribution < -0.4 is 5.32 Å². The SMILES string of the molecule is CCc1nc(-c2ccc(NC(=O)c3ccc(S(C)(=O)=O)cc3C)cc2)cs1. The number of nitrogens with one attached hydrogen (secondary N) is 1. The van der Waals surface area contributed by atoms with E-state index in [4.69, 9.17) is 0 Å². The van der Waals surface area contributed by atoms with Gasteiger partial charge in [-0.25, -0.2) is 13.4 Å². The molecular weight excluding hydrogens is 380 g/mol. The number of hydrogen-bond acceptors (Lipinski definition) is 5. The van der Waals surface area contributed by atoms with E-state index in [1.54, 1.807) is 18.3 Å². The number of hydrogen-bond donors (Lipinski definition) is 1. The van der Waals surface area contributed by atoms with E-state index in [2.05, 4.69) is 17.2 Å². The van der Waals surface area contributed by atoms with E-state index in [9.17, 15) is 13.2 Å². The zero-order valence-corrected chi connectivity index (χ0v) is 16.9. The van der Waals surface area contributed by atoms with Crippen molar-refractivity contribution < 1.29 is 13.2 Å². The first-order chi connectivity index (χ1) is 12.8. The standard InChI is InChI=1S/C20H20N2O3S2/c1-4-19-22-18(12-26-19)14-5-7-15(8-6-14)21-20(23)17-10-9-16(11-13(17)2)27(3,24)25/h5-12H,4H2,1-3H3,(H,21,23). The predicted octanol–water partition coefficient (Wildman–Crippen LogP) is 4.34. The van der Waals surface area contributed by atoms with Crippen LogP contribution in [0, 0.1) is 6.92 Å². The highest BCUT2D eigenvalue weighted by atomic mass is 32.2. The van der Waals surface area contributed by atoms with Crippen molar-refractivity contribution in [3.05, 3.63) is 64.0 Å². The number of aromatic nitrogens is 1. The van der Waals surface area contributed by atoms with Crippen molar-refractivity contribution in [2.45, 2.75) is 25.2 Å². The van der Waals surface area contributed by atoms with E-state index in [1.165, 1.54) is 18.2 Å². The Morgan fingerprint density at radius 2 is 1.85 bits per heavy atom. The summed E-state index contributed by atoms with van der Waals surface area (Å²) in [7, 11) is -3.29. The van der Waals surface area contributed by atoms with Crippen molar-refractivity contribution in [1.82, 2.24) is 4.98 Å². The van der Waals surface area contributed by atoms with Gasteiger partial charge in [-0.05, 0) is 49.2 Å². The lowest BCUT2D eigenvalue weighted by molar-refractivity contribution is 0.102. The summed E-state index contributed by atoms with van der Waals surface area (Å²) in [5, 5.41) is 5.97. The van der Waals surface area contributed by atoms with Gasteiger partial charge in [0.05, 0.1) is 15.6 Å². The maximum Gasteiger partial charge on any atom is 0.255 e. The molecule has 5 nitrogen and oxygen atoms in total. The highest BCUT2D eigenvalue weighted by Crippen LogP contribution is 2.24. The zero-order chi connectivity index (χ0) is 19.6. The minimum Gasteiger partial charge on any atom is -0.322 e. The first kappa shape index (κ1) is 19.3. The van der Waals surface area contributed by atoms with Crippen LogP contribution in [0.15, 0.2) is 52.7 Å². The molecule has 1 N–H and O–H groups in total. The minimum absolute atomic E-state index is 0.204. The van der Waals surface area contributed by atoms with E-state index < -0.39 is 9.84 Å². The van der Waals surface area contributed by atoms with Gasteiger partial charge >= 0.3 is 0 Å². The zero-order valence-electron chi connectivity index (χ0n) is 15.3. The second kappa shape index (κ2) is 7.62. The van der Waals surface area contributed by atoms with Crippen molar-refractivity contribution in [3.8, 4) is 11.3 Å². The fourth-order valence-corrected chi connectivity index (χ4v) is 4.11. The molecule has 27 heavy (non-hydrogen) atoms. The Morgan fingerprint density at radius 3 is 2.41 bits per heavy atom. The summed E-state index contributed by atoms with van der Waals surface area (Å²) in [6, 6.07) is 12.0. The van der Waals surface area contributed by atoms with Crippen LogP contribution in [0.3, 0.4) is 0 Å². The Hall–Kier alpha value is -2.51. The van der Waals surface area contributed by atoms with Crippen molar-refractivity contribution in [2.24, 2.45) is 0 Å². The molecule has 0 saturated carbocycles. The van der Waals surface area contributed by atoms with E-state index in [0.29, 0.717) is 16.8 Å². The van der Waals surface area contributed by atoms with Gasteiger partial charge in [0.1, 0.15) is 0 Å². The molecule has 2 aromatic carbocycles. The van der Waals surface area contributed by atoms with Gasteiger partial charge in [0, 0.05) is 28.5 Å². The number of thiazole rings is 1. The Morgan fingerprint density at radius 1 is 1.15 bits per heavy atom. The van der Waals surface area contributed by atoms with Crippen molar-refractivity contribution >= 4 is 32.8 Å². The molecule has 0 saturated heterocycles. The summed E-state index contributed by atoms with van der Waals surface area (Å²) >= 11 is 1.64.